The molecule has 0 aromatic heterocycles. The van der Waals surface area contributed by atoms with Gasteiger partial charge in [-0.15, -0.1) is 0 Å². The molecule has 4 heterocycles. The Morgan fingerprint density at radius 2 is 1.81 bits per heavy atom. The van der Waals surface area contributed by atoms with Crippen LogP contribution in [0.4, 0.5) is 5.69 Å². The summed E-state index contributed by atoms with van der Waals surface area (Å²) in [6, 6.07) is 11.7. The normalized spacial score (nSPS) is 34.4. The molecule has 6 aliphatic rings. The number of nitrogens with zero attached hydrogens (tertiary/aromatic N) is 2. The summed E-state index contributed by atoms with van der Waals surface area (Å²) in [5.74, 6) is 0.517. The van der Waals surface area contributed by atoms with Gasteiger partial charge in [-0.3, -0.25) is 4.79 Å². The Hall–Kier alpha value is -2.63. The molecule has 2 aromatic rings. The van der Waals surface area contributed by atoms with Gasteiger partial charge in [0.2, 0.25) is 10.0 Å². The minimum absolute atomic E-state index is 0.213. The molecular formula is C43H58ClN3O6S. The predicted molar refractivity (Wildman–Crippen MR) is 213 cm³/mol. The van der Waals surface area contributed by atoms with Gasteiger partial charge in [0.1, 0.15) is 11.4 Å². The Labute approximate surface area is 327 Å². The largest absolute Gasteiger partial charge is 0.490 e. The number of carbonyl (C=O) groups excluding carboxylic acids is 1. The van der Waals surface area contributed by atoms with Gasteiger partial charge in [-0.25, -0.2) is 13.1 Å². The Morgan fingerprint density at radius 1 is 1.02 bits per heavy atom. The van der Waals surface area contributed by atoms with Crippen LogP contribution in [-0.4, -0.2) is 89.7 Å². The number of anilines is 1. The van der Waals surface area contributed by atoms with E-state index in [1.807, 2.05) is 32.2 Å². The van der Waals surface area contributed by atoms with Gasteiger partial charge in [0, 0.05) is 56.0 Å². The molecule has 1 amide bonds. The molecule has 9 nitrogen and oxygen atoms in total. The molecule has 1 N–H and O–H groups in total. The number of carbonyl (C=O) groups is 1. The van der Waals surface area contributed by atoms with Crippen molar-refractivity contribution in [2.24, 2.45) is 23.2 Å². The van der Waals surface area contributed by atoms with Crippen molar-refractivity contribution in [3.05, 3.63) is 70.3 Å². The highest BCUT2D eigenvalue weighted by atomic mass is 35.5. The predicted octanol–water partition coefficient (Wildman–Crippen LogP) is 7.16. The van der Waals surface area contributed by atoms with Crippen LogP contribution in [0, 0.1) is 23.2 Å². The van der Waals surface area contributed by atoms with E-state index >= 15 is 0 Å². The number of sulfonamides is 1. The maximum atomic E-state index is 13.7. The number of aryl methyl sites for hydroxylation is 1. The summed E-state index contributed by atoms with van der Waals surface area (Å²) in [4.78, 5) is 18.7. The zero-order chi connectivity index (χ0) is 37.7. The van der Waals surface area contributed by atoms with Crippen LogP contribution in [0.25, 0.3) is 0 Å². The molecule has 2 saturated heterocycles. The lowest BCUT2D eigenvalue weighted by atomic mass is 9.63. The van der Waals surface area contributed by atoms with Crippen LogP contribution in [0.3, 0.4) is 0 Å². The number of nitrogens with one attached hydrogen (secondary N) is 1. The molecule has 294 valence electrons. The second-order valence-corrected chi connectivity index (χ2v) is 20.0. The first kappa shape index (κ1) is 38.3. The molecule has 2 spiro atoms. The molecule has 2 aliphatic carbocycles. The maximum absolute atomic E-state index is 13.7. The number of piperidine rings is 1. The number of ether oxygens (including phenoxy) is 3. The fraction of sp³-hybridized carbons (Fsp3) is 0.651. The molecule has 8 rings (SSSR count). The monoisotopic (exact) mass is 779 g/mol. The standard InChI is InChI=1S/C43H58ClN3O6S/c1-30-6-4-15-43(51-3,28-46-20-16-41(17-21-46)18-22-52-23-19-41)37-11-8-34(37)26-47-27-42(14-5-7-32-24-35(44)10-12-36(32)42)29-53-39-13-9-33(25-38(39)47)40(48)45-54(49,50)31(30)2/h4,9-10,12-13,15,24-25,30-31,34,37H,5-8,11,14,16-23,26-29H2,1-3H3,(H,45,48)/b15-4-/t30-,31+,34-,37+,42-,43+/m0/s1. The summed E-state index contributed by atoms with van der Waals surface area (Å²) in [7, 11) is -2.08. The summed E-state index contributed by atoms with van der Waals surface area (Å²) in [6.45, 7) is 10.3. The van der Waals surface area contributed by atoms with Gasteiger partial charge < -0.3 is 24.0 Å². The molecule has 4 aliphatic heterocycles. The summed E-state index contributed by atoms with van der Waals surface area (Å²) in [5.41, 5.74) is 3.34. The topological polar surface area (TPSA) is 97.4 Å². The zero-order valence-electron chi connectivity index (χ0n) is 32.3. The summed E-state index contributed by atoms with van der Waals surface area (Å²) < 4.78 is 48.9. The number of methoxy groups -OCH3 is 1. The second-order valence-electron chi connectivity index (χ2n) is 17.6. The molecule has 1 saturated carbocycles. The van der Waals surface area contributed by atoms with Gasteiger partial charge in [0.05, 0.1) is 17.5 Å². The number of amides is 1. The van der Waals surface area contributed by atoms with Crippen LogP contribution in [0.1, 0.15) is 93.1 Å². The Bertz CT molecular complexity index is 1850. The van der Waals surface area contributed by atoms with E-state index in [-0.39, 0.29) is 17.3 Å². The Balaban J connectivity index is 1.17. The zero-order valence-corrected chi connectivity index (χ0v) is 33.9. The smallest absolute Gasteiger partial charge is 0.264 e. The summed E-state index contributed by atoms with van der Waals surface area (Å²) in [5, 5.41) is -0.0218. The van der Waals surface area contributed by atoms with E-state index in [1.165, 1.54) is 24.0 Å². The fourth-order valence-corrected chi connectivity index (χ4v) is 12.1. The van der Waals surface area contributed by atoms with E-state index in [4.69, 9.17) is 25.8 Å². The van der Waals surface area contributed by atoms with Gasteiger partial charge in [-0.05, 0) is 149 Å². The van der Waals surface area contributed by atoms with Gasteiger partial charge >= 0.3 is 0 Å². The van der Waals surface area contributed by atoms with Crippen molar-refractivity contribution >= 4 is 33.2 Å². The molecule has 0 radical (unpaired) electrons. The Kier molecular flexibility index (Phi) is 10.6. The van der Waals surface area contributed by atoms with Crippen molar-refractivity contribution in [3.8, 4) is 5.75 Å². The third kappa shape index (κ3) is 7.23. The third-order valence-corrected chi connectivity index (χ3v) is 16.7. The van der Waals surface area contributed by atoms with E-state index in [9.17, 15) is 13.2 Å². The highest BCUT2D eigenvalue weighted by molar-refractivity contribution is 7.90. The molecule has 0 unspecified atom stereocenters. The van der Waals surface area contributed by atoms with E-state index < -0.39 is 26.8 Å². The highest BCUT2D eigenvalue weighted by Crippen LogP contribution is 2.50. The van der Waals surface area contributed by atoms with Crippen molar-refractivity contribution < 1.29 is 27.4 Å². The number of fused-ring (bicyclic) bond motifs is 4. The molecule has 11 heteroatoms. The number of likely N-dealkylation sites (tertiary alicyclic amines) is 1. The molecule has 3 fully saturated rings. The first-order valence-electron chi connectivity index (χ1n) is 20.3. The Morgan fingerprint density at radius 3 is 2.56 bits per heavy atom. The molecule has 54 heavy (non-hydrogen) atoms. The lowest BCUT2D eigenvalue weighted by Gasteiger charge is -2.53. The van der Waals surface area contributed by atoms with Gasteiger partial charge in [-0.1, -0.05) is 36.7 Å². The van der Waals surface area contributed by atoms with Gasteiger partial charge in [0.25, 0.3) is 5.91 Å². The molecular weight excluding hydrogens is 722 g/mol. The van der Waals surface area contributed by atoms with Crippen molar-refractivity contribution in [1.29, 1.82) is 0 Å². The van der Waals surface area contributed by atoms with Crippen molar-refractivity contribution in [3.63, 3.8) is 0 Å². The van der Waals surface area contributed by atoms with Crippen molar-refractivity contribution in [2.45, 2.75) is 94.3 Å². The van der Waals surface area contributed by atoms with Crippen LogP contribution in [0.2, 0.25) is 5.02 Å². The molecule has 2 bridgehead atoms. The third-order valence-electron chi connectivity index (χ3n) is 14.6. The summed E-state index contributed by atoms with van der Waals surface area (Å²) >= 11 is 6.52. The van der Waals surface area contributed by atoms with Gasteiger partial charge in [-0.2, -0.15) is 0 Å². The summed E-state index contributed by atoms with van der Waals surface area (Å²) in [6.07, 6.45) is 14.8. The maximum Gasteiger partial charge on any atom is 0.264 e. The minimum Gasteiger partial charge on any atom is -0.490 e. The molecule has 2 aromatic carbocycles. The van der Waals surface area contributed by atoms with Gasteiger partial charge in [0.15, 0.2) is 0 Å². The highest BCUT2D eigenvalue weighted by Gasteiger charge is 2.50. The lowest BCUT2D eigenvalue weighted by Crippen LogP contribution is -2.58. The first-order chi connectivity index (χ1) is 25.9. The van der Waals surface area contributed by atoms with Crippen molar-refractivity contribution in [2.75, 3.05) is 64.6 Å². The number of hydrogen-bond acceptors (Lipinski definition) is 8. The van der Waals surface area contributed by atoms with Crippen LogP contribution in [-0.2, 0) is 31.3 Å². The van der Waals surface area contributed by atoms with E-state index in [1.54, 1.807) is 13.0 Å². The minimum atomic E-state index is -3.95. The van der Waals surface area contributed by atoms with E-state index in [0.29, 0.717) is 29.9 Å². The number of halogens is 1. The SMILES string of the molecule is CO[C@@]1(CN2CCC3(CCOCC3)CC2)/C=C\C[C@H](C)[C@@H](C)S(=O)(=O)NC(=O)c2ccc3c(c2)N(C[C@@H]2CC[C@H]21)C[C@@]1(CCCc2cc(Cl)ccc21)CO3. The van der Waals surface area contributed by atoms with E-state index in [2.05, 4.69) is 38.8 Å². The number of benzene rings is 2. The number of rotatable bonds is 3. The van der Waals surface area contributed by atoms with Crippen LogP contribution in [0.15, 0.2) is 48.6 Å². The van der Waals surface area contributed by atoms with Crippen LogP contribution in [0.5, 0.6) is 5.75 Å². The van der Waals surface area contributed by atoms with Crippen LogP contribution < -0.4 is 14.4 Å². The van der Waals surface area contributed by atoms with E-state index in [0.717, 1.165) is 107 Å². The average Bonchev–Trinajstić information content (AvgIpc) is 3.30. The molecule has 6 atom stereocenters. The average molecular weight is 780 g/mol. The van der Waals surface area contributed by atoms with Crippen molar-refractivity contribution in [1.82, 2.24) is 9.62 Å². The fourth-order valence-electron chi connectivity index (χ4n) is 10.6. The first-order valence-corrected chi connectivity index (χ1v) is 22.3. The number of allylic oxidation sites excluding steroid dienone is 1. The van der Waals surface area contributed by atoms with Crippen LogP contribution >= 0.6 is 11.6 Å². The second kappa shape index (κ2) is 15.0. The quantitative estimate of drug-likeness (QED) is 0.328. The number of hydrogen-bond donors (Lipinski definition) is 1. The lowest BCUT2D eigenvalue weighted by molar-refractivity contribution is -0.101.